The van der Waals surface area contributed by atoms with Gasteiger partial charge in [-0.05, 0) is 48.9 Å². The van der Waals surface area contributed by atoms with Crippen LogP contribution in [0.15, 0.2) is 72.8 Å². The lowest BCUT2D eigenvalue weighted by atomic mass is 9.64. The standard InChI is InChI=1S/C28H20ClFN2O3/c1-15(33)25-24(26(34)18-6-2-4-8-20(18)29)28(19-7-3-5-9-21(19)31-27(28)35)23-13-10-16-14-17(30)11-12-22(16)32(23)25/h2-14,23-25H,1H3,(H,31,35). The Morgan fingerprint density at radius 3 is 2.57 bits per heavy atom. The molecule has 3 aromatic carbocycles. The molecule has 1 spiro atoms. The molecule has 6 rings (SSSR count). The van der Waals surface area contributed by atoms with Gasteiger partial charge in [0.25, 0.3) is 0 Å². The van der Waals surface area contributed by atoms with Crippen LogP contribution in [0.5, 0.6) is 0 Å². The molecular weight excluding hydrogens is 467 g/mol. The maximum Gasteiger partial charge on any atom is 0.238 e. The van der Waals surface area contributed by atoms with Crippen molar-refractivity contribution in [2.24, 2.45) is 5.92 Å². The first-order valence-corrected chi connectivity index (χ1v) is 11.7. The zero-order chi connectivity index (χ0) is 24.5. The molecule has 3 aromatic rings. The zero-order valence-corrected chi connectivity index (χ0v) is 19.4. The molecule has 0 radical (unpaired) electrons. The third kappa shape index (κ3) is 2.83. The highest BCUT2D eigenvalue weighted by molar-refractivity contribution is 6.34. The van der Waals surface area contributed by atoms with Crippen LogP contribution in [0.2, 0.25) is 5.02 Å². The molecule has 0 aliphatic carbocycles. The predicted molar refractivity (Wildman–Crippen MR) is 132 cm³/mol. The third-order valence-electron chi connectivity index (χ3n) is 7.43. The van der Waals surface area contributed by atoms with Gasteiger partial charge in [-0.15, -0.1) is 0 Å². The van der Waals surface area contributed by atoms with E-state index in [1.54, 1.807) is 48.6 Å². The monoisotopic (exact) mass is 486 g/mol. The highest BCUT2D eigenvalue weighted by Gasteiger charge is 2.69. The number of hydrogen-bond donors (Lipinski definition) is 1. The van der Waals surface area contributed by atoms with Crippen molar-refractivity contribution in [1.82, 2.24) is 0 Å². The number of Topliss-reactive ketones (excluding diaryl/α,β-unsaturated/α-hetero) is 2. The Balaban J connectivity index is 1.67. The smallest absolute Gasteiger partial charge is 0.238 e. The van der Waals surface area contributed by atoms with Crippen LogP contribution in [0, 0.1) is 11.7 Å². The van der Waals surface area contributed by atoms with Gasteiger partial charge in [-0.2, -0.15) is 0 Å². The van der Waals surface area contributed by atoms with Crippen LogP contribution in [0.3, 0.4) is 0 Å². The second kappa shape index (κ2) is 7.62. The van der Waals surface area contributed by atoms with E-state index in [0.29, 0.717) is 22.5 Å². The van der Waals surface area contributed by atoms with E-state index in [-0.39, 0.29) is 28.1 Å². The van der Waals surface area contributed by atoms with E-state index in [0.717, 1.165) is 0 Å². The van der Waals surface area contributed by atoms with Crippen LogP contribution < -0.4 is 10.2 Å². The molecule has 1 fully saturated rings. The van der Waals surface area contributed by atoms with Crippen LogP contribution in [0.1, 0.15) is 28.4 Å². The van der Waals surface area contributed by atoms with E-state index < -0.39 is 29.2 Å². The van der Waals surface area contributed by atoms with Crippen molar-refractivity contribution in [2.45, 2.75) is 24.4 Å². The number of nitrogens with one attached hydrogen (secondary N) is 1. The second-order valence-corrected chi connectivity index (χ2v) is 9.57. The first-order valence-electron chi connectivity index (χ1n) is 11.3. The van der Waals surface area contributed by atoms with Gasteiger partial charge in [0.1, 0.15) is 11.2 Å². The number of hydrogen-bond acceptors (Lipinski definition) is 4. The highest BCUT2D eigenvalue weighted by Crippen LogP contribution is 2.57. The van der Waals surface area contributed by atoms with Crippen molar-refractivity contribution in [3.8, 4) is 0 Å². The molecule has 1 N–H and O–H groups in total. The van der Waals surface area contributed by atoms with Gasteiger partial charge in [-0.3, -0.25) is 14.4 Å². The molecule has 0 aromatic heterocycles. The van der Waals surface area contributed by atoms with Crippen molar-refractivity contribution in [3.63, 3.8) is 0 Å². The maximum absolute atomic E-state index is 14.3. The van der Waals surface area contributed by atoms with Gasteiger partial charge in [-0.1, -0.05) is 54.1 Å². The lowest BCUT2D eigenvalue weighted by molar-refractivity contribution is -0.122. The Hall–Kier alpha value is -3.77. The average molecular weight is 487 g/mol. The first kappa shape index (κ1) is 21.7. The Morgan fingerprint density at radius 1 is 1.06 bits per heavy atom. The summed E-state index contributed by atoms with van der Waals surface area (Å²) in [5, 5.41) is 3.20. The molecule has 3 aliphatic heterocycles. The van der Waals surface area contributed by atoms with Gasteiger partial charge >= 0.3 is 0 Å². The predicted octanol–water partition coefficient (Wildman–Crippen LogP) is 5.04. The summed E-state index contributed by atoms with van der Waals surface area (Å²) in [6.45, 7) is 1.42. The number of fused-ring (bicyclic) bond motifs is 6. The number of ketones is 2. The van der Waals surface area contributed by atoms with Crippen molar-refractivity contribution < 1.29 is 18.8 Å². The molecule has 174 valence electrons. The highest BCUT2D eigenvalue weighted by atomic mass is 35.5. The average Bonchev–Trinajstić information content (AvgIpc) is 3.32. The Labute approximate surface area is 206 Å². The van der Waals surface area contributed by atoms with Crippen LogP contribution in [-0.2, 0) is 15.0 Å². The van der Waals surface area contributed by atoms with E-state index in [2.05, 4.69) is 5.32 Å². The molecule has 3 heterocycles. The van der Waals surface area contributed by atoms with E-state index in [1.807, 2.05) is 23.1 Å². The Kier molecular flexibility index (Phi) is 4.73. The molecule has 0 saturated carbocycles. The third-order valence-corrected chi connectivity index (χ3v) is 7.76. The number of carbonyl (C=O) groups excluding carboxylic acids is 3. The molecule has 1 saturated heterocycles. The summed E-state index contributed by atoms with van der Waals surface area (Å²) in [4.78, 5) is 43.4. The molecule has 5 nitrogen and oxygen atoms in total. The Morgan fingerprint density at radius 2 is 1.80 bits per heavy atom. The summed E-state index contributed by atoms with van der Waals surface area (Å²) in [5.41, 5.74) is 1.32. The van der Waals surface area contributed by atoms with Crippen molar-refractivity contribution >= 4 is 46.5 Å². The van der Waals surface area contributed by atoms with Crippen molar-refractivity contribution in [1.29, 1.82) is 0 Å². The van der Waals surface area contributed by atoms with Crippen molar-refractivity contribution in [2.75, 3.05) is 10.2 Å². The number of para-hydroxylation sites is 1. The normalized spacial score (nSPS) is 25.7. The van der Waals surface area contributed by atoms with Gasteiger partial charge < -0.3 is 10.2 Å². The summed E-state index contributed by atoms with van der Waals surface area (Å²) in [7, 11) is 0. The summed E-state index contributed by atoms with van der Waals surface area (Å²) >= 11 is 6.43. The van der Waals surface area contributed by atoms with Gasteiger partial charge in [0.2, 0.25) is 5.91 Å². The molecular formula is C28H20ClFN2O3. The molecule has 1 amide bonds. The van der Waals surface area contributed by atoms with Crippen LogP contribution >= 0.6 is 11.6 Å². The quantitative estimate of drug-likeness (QED) is 0.527. The van der Waals surface area contributed by atoms with Crippen LogP contribution in [-0.4, -0.2) is 29.6 Å². The fraction of sp³-hybridized carbons (Fsp3) is 0.179. The van der Waals surface area contributed by atoms with Crippen molar-refractivity contribution in [3.05, 3.63) is 100 Å². The van der Waals surface area contributed by atoms with Gasteiger partial charge in [-0.25, -0.2) is 4.39 Å². The van der Waals surface area contributed by atoms with E-state index in [1.165, 1.54) is 19.1 Å². The largest absolute Gasteiger partial charge is 0.352 e. The minimum absolute atomic E-state index is 0.254. The Bertz CT molecular complexity index is 1470. The lowest BCUT2D eigenvalue weighted by Crippen LogP contribution is -2.51. The minimum Gasteiger partial charge on any atom is -0.352 e. The number of amides is 1. The number of rotatable bonds is 3. The maximum atomic E-state index is 14.3. The first-order chi connectivity index (χ1) is 16.9. The fourth-order valence-electron chi connectivity index (χ4n) is 6.13. The fourth-order valence-corrected chi connectivity index (χ4v) is 6.36. The number of nitrogens with zero attached hydrogens (tertiary/aromatic N) is 1. The van der Waals surface area contributed by atoms with Crippen LogP contribution in [0.25, 0.3) is 6.08 Å². The lowest BCUT2D eigenvalue weighted by Gasteiger charge is -2.37. The molecule has 35 heavy (non-hydrogen) atoms. The van der Waals surface area contributed by atoms with E-state index in [4.69, 9.17) is 11.6 Å². The summed E-state index contributed by atoms with van der Waals surface area (Å²) in [6, 6.07) is 16.6. The zero-order valence-electron chi connectivity index (χ0n) is 18.7. The number of anilines is 2. The second-order valence-electron chi connectivity index (χ2n) is 9.16. The van der Waals surface area contributed by atoms with Gasteiger partial charge in [0.15, 0.2) is 11.6 Å². The van der Waals surface area contributed by atoms with Gasteiger partial charge in [0.05, 0.1) is 23.0 Å². The SMILES string of the molecule is CC(=O)C1C(C(=O)c2ccccc2Cl)C2(C(=O)Nc3ccccc32)C2C=Cc3cc(F)ccc3N12. The minimum atomic E-state index is -1.38. The summed E-state index contributed by atoms with van der Waals surface area (Å²) in [6.07, 6.45) is 3.56. The molecule has 4 unspecified atom stereocenters. The molecule has 4 atom stereocenters. The van der Waals surface area contributed by atoms with E-state index in [9.17, 15) is 18.8 Å². The molecule has 3 aliphatic rings. The van der Waals surface area contributed by atoms with Crippen LogP contribution in [0.4, 0.5) is 15.8 Å². The molecule has 0 bridgehead atoms. The number of benzene rings is 3. The number of carbonyl (C=O) groups is 3. The van der Waals surface area contributed by atoms with E-state index >= 15 is 0 Å². The molecule has 7 heteroatoms. The van der Waals surface area contributed by atoms with Gasteiger partial charge in [0, 0.05) is 22.5 Å². The number of halogens is 2. The summed E-state index contributed by atoms with van der Waals surface area (Å²) < 4.78 is 14.1. The summed E-state index contributed by atoms with van der Waals surface area (Å²) in [5.74, 6) is -2.46. The topological polar surface area (TPSA) is 66.5 Å².